The van der Waals surface area contributed by atoms with Crippen LogP contribution in [0.2, 0.25) is 0 Å². The Bertz CT molecular complexity index is 1350. The van der Waals surface area contributed by atoms with Crippen molar-refractivity contribution in [1.29, 1.82) is 0 Å². The van der Waals surface area contributed by atoms with Gasteiger partial charge in [-0.15, -0.1) is 5.92 Å². The lowest BCUT2D eigenvalue weighted by molar-refractivity contribution is 0.377. The molecule has 34 heavy (non-hydrogen) atoms. The van der Waals surface area contributed by atoms with Crippen LogP contribution in [0, 0.1) is 40.9 Å². The highest BCUT2D eigenvalue weighted by atomic mass is 19.2. The number of likely N-dealkylation sites (N-methyl/N-ethyl adjacent to an activating group) is 1. The van der Waals surface area contributed by atoms with Gasteiger partial charge in [-0.25, -0.2) is 31.6 Å². The van der Waals surface area contributed by atoms with Gasteiger partial charge in [-0.2, -0.15) is 5.10 Å². The summed E-state index contributed by atoms with van der Waals surface area (Å²) in [7, 11) is 1.76. The molecule has 1 atom stereocenters. The zero-order valence-electron chi connectivity index (χ0n) is 18.5. The molecule has 2 heterocycles. The number of imidazole rings is 1. The van der Waals surface area contributed by atoms with Crippen LogP contribution in [0.25, 0.3) is 17.1 Å². The topological polar surface area (TPSA) is 82.0 Å². The Hall–Kier alpha value is -3.72. The summed E-state index contributed by atoms with van der Waals surface area (Å²) in [5.41, 5.74) is 4.66. The average molecular weight is 480 g/mol. The first-order valence-corrected chi connectivity index (χ1v) is 10.1. The van der Waals surface area contributed by atoms with Crippen LogP contribution >= 0.6 is 0 Å². The van der Waals surface area contributed by atoms with E-state index in [0.29, 0.717) is 24.1 Å². The predicted molar refractivity (Wildman–Crippen MR) is 117 cm³/mol. The van der Waals surface area contributed by atoms with Gasteiger partial charge in [0.25, 0.3) is 5.56 Å². The van der Waals surface area contributed by atoms with Crippen molar-refractivity contribution >= 4 is 23.1 Å². The van der Waals surface area contributed by atoms with Gasteiger partial charge in [-0.3, -0.25) is 9.36 Å². The smallest absolute Gasteiger partial charge is 0.293 e. The van der Waals surface area contributed by atoms with Crippen LogP contribution in [0.4, 0.5) is 27.9 Å². The highest BCUT2D eigenvalue weighted by molar-refractivity contribution is 5.77. The van der Waals surface area contributed by atoms with Gasteiger partial charge in [0.15, 0.2) is 23.3 Å². The van der Waals surface area contributed by atoms with Gasteiger partial charge in [0.05, 0.1) is 24.8 Å². The molecule has 7 nitrogen and oxygen atoms in total. The molecule has 0 saturated heterocycles. The fourth-order valence-corrected chi connectivity index (χ4v) is 3.35. The highest BCUT2D eigenvalue weighted by Gasteiger charge is 2.24. The third-order valence-corrected chi connectivity index (χ3v) is 4.85. The van der Waals surface area contributed by atoms with E-state index in [-0.39, 0.29) is 24.6 Å². The molecule has 0 spiro atoms. The summed E-state index contributed by atoms with van der Waals surface area (Å²) in [4.78, 5) is 19.3. The van der Waals surface area contributed by atoms with Crippen molar-refractivity contribution in [3.05, 3.63) is 57.3 Å². The molecule has 1 aromatic carbocycles. The minimum atomic E-state index is -2.25. The van der Waals surface area contributed by atoms with Gasteiger partial charge >= 0.3 is 0 Å². The van der Waals surface area contributed by atoms with E-state index < -0.39 is 40.2 Å². The summed E-state index contributed by atoms with van der Waals surface area (Å²) in [6.07, 6.45) is 3.10. The van der Waals surface area contributed by atoms with E-state index in [1.807, 2.05) is 6.92 Å². The van der Waals surface area contributed by atoms with Crippen LogP contribution in [-0.4, -0.2) is 39.0 Å². The summed E-state index contributed by atoms with van der Waals surface area (Å²) in [5.74, 6) is -4.22. The SMILES string of the molecule is CC#CCn1c(N(C)CC(C)N)nc2cnn(CC=Cc3c(F)c(F)c(F)c(F)c3F)c(=O)c21. The van der Waals surface area contributed by atoms with Crippen LogP contribution in [0.5, 0.6) is 0 Å². The number of hydrogen-bond acceptors (Lipinski definition) is 5. The van der Waals surface area contributed by atoms with Crippen LogP contribution in [0.3, 0.4) is 0 Å². The molecule has 0 fully saturated rings. The molecule has 0 aliphatic rings. The molecule has 0 radical (unpaired) electrons. The molecule has 2 aromatic heterocycles. The first-order chi connectivity index (χ1) is 16.1. The van der Waals surface area contributed by atoms with E-state index in [2.05, 4.69) is 21.9 Å². The molecule has 3 aromatic rings. The fourth-order valence-electron chi connectivity index (χ4n) is 3.35. The zero-order chi connectivity index (χ0) is 25.2. The number of halogens is 5. The maximum atomic E-state index is 13.9. The number of rotatable bonds is 7. The van der Waals surface area contributed by atoms with Crippen molar-refractivity contribution in [3.8, 4) is 11.8 Å². The molecule has 180 valence electrons. The van der Waals surface area contributed by atoms with Crippen LogP contribution in [0.15, 0.2) is 17.1 Å². The van der Waals surface area contributed by atoms with Crippen molar-refractivity contribution in [2.75, 3.05) is 18.5 Å². The third kappa shape index (κ3) is 4.65. The Kier molecular flexibility index (Phi) is 7.36. The lowest BCUT2D eigenvalue weighted by Gasteiger charge is -2.20. The molecular formula is C22H21F5N6O. The Morgan fingerprint density at radius 3 is 2.35 bits per heavy atom. The quantitative estimate of drug-likeness (QED) is 0.244. The van der Waals surface area contributed by atoms with Crippen LogP contribution in [0.1, 0.15) is 19.4 Å². The van der Waals surface area contributed by atoms with E-state index in [4.69, 9.17) is 5.73 Å². The van der Waals surface area contributed by atoms with Crippen molar-refractivity contribution < 1.29 is 22.0 Å². The predicted octanol–water partition coefficient (Wildman–Crippen LogP) is 2.81. The van der Waals surface area contributed by atoms with Crippen molar-refractivity contribution in [2.24, 2.45) is 5.73 Å². The summed E-state index contributed by atoms with van der Waals surface area (Å²) in [5, 5.41) is 3.99. The lowest BCUT2D eigenvalue weighted by Crippen LogP contribution is -2.34. The second kappa shape index (κ2) is 10.0. The largest absolute Gasteiger partial charge is 0.344 e. The van der Waals surface area contributed by atoms with E-state index in [1.54, 1.807) is 23.4 Å². The number of hydrogen-bond donors (Lipinski definition) is 1. The lowest BCUT2D eigenvalue weighted by atomic mass is 10.1. The average Bonchev–Trinajstić information content (AvgIpc) is 3.17. The second-order valence-electron chi connectivity index (χ2n) is 7.53. The van der Waals surface area contributed by atoms with Crippen molar-refractivity contribution in [2.45, 2.75) is 33.0 Å². The summed E-state index contributed by atoms with van der Waals surface area (Å²) >= 11 is 0. The Balaban J connectivity index is 2.03. The Morgan fingerprint density at radius 2 is 1.76 bits per heavy atom. The Labute approximate surface area is 191 Å². The first kappa shape index (κ1) is 24.9. The maximum Gasteiger partial charge on any atom is 0.293 e. The van der Waals surface area contributed by atoms with Gasteiger partial charge in [0.2, 0.25) is 11.8 Å². The number of fused-ring (bicyclic) bond motifs is 1. The number of benzene rings is 1. The van der Waals surface area contributed by atoms with Crippen LogP contribution in [-0.2, 0) is 13.1 Å². The normalized spacial score (nSPS) is 12.3. The minimum absolute atomic E-state index is 0.158. The first-order valence-electron chi connectivity index (χ1n) is 10.1. The monoisotopic (exact) mass is 480 g/mol. The molecule has 0 amide bonds. The van der Waals surface area contributed by atoms with E-state index in [0.717, 1.165) is 10.8 Å². The molecule has 0 aliphatic heterocycles. The van der Waals surface area contributed by atoms with Crippen LogP contribution < -0.4 is 16.2 Å². The second-order valence-corrected chi connectivity index (χ2v) is 7.53. The number of nitrogens with two attached hydrogens (primary N) is 1. The zero-order valence-corrected chi connectivity index (χ0v) is 18.5. The molecule has 3 rings (SSSR count). The molecule has 0 saturated carbocycles. The summed E-state index contributed by atoms with van der Waals surface area (Å²) < 4.78 is 70.3. The van der Waals surface area contributed by atoms with Crippen molar-refractivity contribution in [1.82, 2.24) is 19.3 Å². The highest BCUT2D eigenvalue weighted by Crippen LogP contribution is 2.24. The third-order valence-electron chi connectivity index (χ3n) is 4.85. The van der Waals surface area contributed by atoms with Gasteiger partial charge in [-0.1, -0.05) is 18.1 Å². The molecule has 0 bridgehead atoms. The Morgan fingerprint density at radius 1 is 1.15 bits per heavy atom. The van der Waals surface area contributed by atoms with Gasteiger partial charge in [0, 0.05) is 19.6 Å². The van der Waals surface area contributed by atoms with Gasteiger partial charge in [-0.05, 0) is 13.8 Å². The molecule has 0 aliphatic carbocycles. The number of nitrogens with zero attached hydrogens (tertiary/aromatic N) is 5. The molecule has 1 unspecified atom stereocenters. The molecule has 12 heteroatoms. The number of anilines is 1. The van der Waals surface area contributed by atoms with E-state index >= 15 is 0 Å². The summed E-state index contributed by atoms with van der Waals surface area (Å²) in [6.45, 7) is 3.78. The standard InChI is InChI=1S/C22H21F5N6O/c1-4-5-8-32-20-14(30-22(32)31(3)11-12(2)28)10-29-33(21(20)34)9-6-7-13-15(23)17(25)19(27)18(26)16(13)24/h6-7,10,12H,8-9,11,28H2,1-3H3. The van der Waals surface area contributed by atoms with E-state index in [9.17, 15) is 26.7 Å². The van der Waals surface area contributed by atoms with Crippen molar-refractivity contribution in [3.63, 3.8) is 0 Å². The molecular weight excluding hydrogens is 459 g/mol. The molecule has 2 N–H and O–H groups in total. The van der Waals surface area contributed by atoms with Gasteiger partial charge < -0.3 is 10.6 Å². The van der Waals surface area contributed by atoms with E-state index in [1.165, 1.54) is 6.20 Å². The fraction of sp³-hybridized carbons (Fsp3) is 0.318. The van der Waals surface area contributed by atoms with Gasteiger partial charge in [0.1, 0.15) is 11.0 Å². The number of aromatic nitrogens is 4. The summed E-state index contributed by atoms with van der Waals surface area (Å²) in [6, 6.07) is -0.169. The maximum absolute atomic E-state index is 13.9. The number of allylic oxidation sites excluding steroid dienone is 1. The minimum Gasteiger partial charge on any atom is -0.344 e.